The molecule has 0 bridgehead atoms. The predicted octanol–water partition coefficient (Wildman–Crippen LogP) is 0.765. The Bertz CT molecular complexity index is 1030. The zero-order valence-electron chi connectivity index (χ0n) is 14.0. The van der Waals surface area contributed by atoms with E-state index in [1.165, 1.54) is 0 Å². The molecule has 2 saturated heterocycles. The number of amides is 3. The predicted molar refractivity (Wildman–Crippen MR) is 95.1 cm³/mol. The molecule has 2 aliphatic heterocycles. The maximum Gasteiger partial charge on any atom is 0.325 e. The standard InChI is InChI=1S/C18H18N2O5S/c1-18(13-8-4-6-11-5-2-3-7-12(11)13)16(22)20(17(23)19-18)14-9-26(24,25)10-15(14)21/h2-8,14-15,21H,9-10H2,1H3,(H,19,23)/t14-,15+,18-/m1/s1. The van der Waals surface area contributed by atoms with E-state index in [0.717, 1.165) is 15.7 Å². The van der Waals surface area contributed by atoms with Gasteiger partial charge in [-0.05, 0) is 23.3 Å². The third-order valence-electron chi connectivity index (χ3n) is 5.18. The van der Waals surface area contributed by atoms with Crippen LogP contribution in [0, 0.1) is 0 Å². The largest absolute Gasteiger partial charge is 0.390 e. The van der Waals surface area contributed by atoms with Gasteiger partial charge in [0, 0.05) is 0 Å². The molecule has 2 aromatic carbocycles. The molecule has 3 amide bonds. The summed E-state index contributed by atoms with van der Waals surface area (Å²) in [4.78, 5) is 26.6. The molecule has 2 aromatic rings. The molecule has 3 atom stereocenters. The van der Waals surface area contributed by atoms with Crippen LogP contribution >= 0.6 is 0 Å². The number of rotatable bonds is 2. The first-order valence-corrected chi connectivity index (χ1v) is 10.1. The molecule has 0 aliphatic carbocycles. The Kier molecular flexibility index (Phi) is 3.61. The summed E-state index contributed by atoms with van der Waals surface area (Å²) >= 11 is 0. The Hall–Kier alpha value is -2.45. The fourth-order valence-corrected chi connectivity index (χ4v) is 5.63. The van der Waals surface area contributed by atoms with E-state index in [9.17, 15) is 23.1 Å². The van der Waals surface area contributed by atoms with Crippen LogP contribution in [0.5, 0.6) is 0 Å². The minimum absolute atomic E-state index is 0.418. The monoisotopic (exact) mass is 374 g/mol. The highest BCUT2D eigenvalue weighted by atomic mass is 32.2. The first kappa shape index (κ1) is 17.0. The Morgan fingerprint density at radius 1 is 1.12 bits per heavy atom. The lowest BCUT2D eigenvalue weighted by molar-refractivity contribution is -0.133. The van der Waals surface area contributed by atoms with Crippen LogP contribution in [0.4, 0.5) is 4.79 Å². The number of carbonyl (C=O) groups excluding carboxylic acids is 2. The number of sulfone groups is 1. The number of carbonyl (C=O) groups is 2. The van der Waals surface area contributed by atoms with Crippen LogP contribution < -0.4 is 5.32 Å². The second kappa shape index (κ2) is 5.52. The van der Waals surface area contributed by atoms with Gasteiger partial charge in [0.25, 0.3) is 5.91 Å². The van der Waals surface area contributed by atoms with Gasteiger partial charge in [-0.3, -0.25) is 9.69 Å². The molecule has 0 radical (unpaired) electrons. The molecule has 8 heteroatoms. The van der Waals surface area contributed by atoms with E-state index in [4.69, 9.17) is 0 Å². The average molecular weight is 374 g/mol. The summed E-state index contributed by atoms with van der Waals surface area (Å²) in [6.07, 6.45) is -1.27. The maximum absolute atomic E-state index is 13.2. The van der Waals surface area contributed by atoms with E-state index in [2.05, 4.69) is 5.32 Å². The molecule has 0 saturated carbocycles. The Morgan fingerprint density at radius 2 is 1.81 bits per heavy atom. The van der Waals surface area contributed by atoms with Gasteiger partial charge in [0.1, 0.15) is 5.54 Å². The second-order valence-electron chi connectivity index (χ2n) is 6.97. The topological polar surface area (TPSA) is 104 Å². The highest BCUT2D eigenvalue weighted by Gasteiger charge is 2.55. The Balaban J connectivity index is 1.79. The van der Waals surface area contributed by atoms with Gasteiger partial charge in [0.2, 0.25) is 0 Å². The van der Waals surface area contributed by atoms with Crippen LogP contribution in [0.2, 0.25) is 0 Å². The molecule has 136 valence electrons. The van der Waals surface area contributed by atoms with Crippen LogP contribution in [-0.2, 0) is 20.2 Å². The van der Waals surface area contributed by atoms with Crippen LogP contribution in [0.3, 0.4) is 0 Å². The molecule has 7 nitrogen and oxygen atoms in total. The van der Waals surface area contributed by atoms with Gasteiger partial charge in [-0.15, -0.1) is 0 Å². The molecular weight excluding hydrogens is 356 g/mol. The molecular formula is C18H18N2O5S. The van der Waals surface area contributed by atoms with Crippen molar-refractivity contribution in [2.45, 2.75) is 24.6 Å². The molecule has 2 heterocycles. The molecule has 2 N–H and O–H groups in total. The molecule has 4 rings (SSSR count). The van der Waals surface area contributed by atoms with E-state index in [1.54, 1.807) is 19.1 Å². The molecule has 0 unspecified atom stereocenters. The van der Waals surface area contributed by atoms with Crippen molar-refractivity contribution in [3.05, 3.63) is 48.0 Å². The van der Waals surface area contributed by atoms with Crippen LogP contribution in [0.25, 0.3) is 10.8 Å². The number of imide groups is 1. The molecule has 0 spiro atoms. The number of benzene rings is 2. The number of hydrogen-bond donors (Lipinski definition) is 2. The third kappa shape index (κ3) is 2.40. The zero-order valence-corrected chi connectivity index (χ0v) is 14.9. The highest BCUT2D eigenvalue weighted by molar-refractivity contribution is 7.91. The van der Waals surface area contributed by atoms with E-state index in [1.807, 2.05) is 30.3 Å². The zero-order chi connectivity index (χ0) is 18.7. The quantitative estimate of drug-likeness (QED) is 0.756. The number of urea groups is 1. The van der Waals surface area contributed by atoms with E-state index in [0.29, 0.717) is 5.56 Å². The fourth-order valence-electron chi connectivity index (χ4n) is 3.86. The van der Waals surface area contributed by atoms with Gasteiger partial charge in [-0.1, -0.05) is 42.5 Å². The van der Waals surface area contributed by atoms with Crippen LogP contribution in [-0.4, -0.2) is 54.0 Å². The minimum Gasteiger partial charge on any atom is -0.390 e. The minimum atomic E-state index is -3.49. The fraction of sp³-hybridized carbons (Fsp3) is 0.333. The lowest BCUT2D eigenvalue weighted by atomic mass is 9.87. The second-order valence-corrected chi connectivity index (χ2v) is 9.12. The van der Waals surface area contributed by atoms with Crippen molar-refractivity contribution in [2.75, 3.05) is 11.5 Å². The third-order valence-corrected chi connectivity index (χ3v) is 6.87. The Labute approximate surface area is 150 Å². The molecule has 26 heavy (non-hydrogen) atoms. The van der Waals surface area contributed by atoms with E-state index < -0.39 is 51.0 Å². The van der Waals surface area contributed by atoms with Gasteiger partial charge in [0.15, 0.2) is 9.84 Å². The van der Waals surface area contributed by atoms with Gasteiger partial charge in [0.05, 0.1) is 23.7 Å². The van der Waals surface area contributed by atoms with Gasteiger partial charge >= 0.3 is 6.03 Å². The summed E-state index contributed by atoms with van der Waals surface area (Å²) in [7, 11) is -3.49. The lowest BCUT2D eigenvalue weighted by Crippen LogP contribution is -2.48. The van der Waals surface area contributed by atoms with E-state index in [-0.39, 0.29) is 0 Å². The number of aliphatic hydroxyl groups excluding tert-OH is 1. The summed E-state index contributed by atoms with van der Waals surface area (Å²) in [5, 5.41) is 14.5. The number of fused-ring (bicyclic) bond motifs is 1. The van der Waals surface area contributed by atoms with Crippen LogP contribution in [0.15, 0.2) is 42.5 Å². The van der Waals surface area contributed by atoms with Crippen molar-refractivity contribution in [3.8, 4) is 0 Å². The first-order valence-electron chi connectivity index (χ1n) is 8.25. The number of nitrogens with zero attached hydrogens (tertiary/aromatic N) is 1. The summed E-state index contributed by atoms with van der Waals surface area (Å²) in [5.74, 6) is -1.42. The SMILES string of the molecule is C[C@]1(c2cccc3ccccc23)NC(=O)N([C@@H]2CS(=O)(=O)C[C@@H]2O)C1=O. The first-order chi connectivity index (χ1) is 12.2. The summed E-state index contributed by atoms with van der Waals surface area (Å²) in [6.45, 7) is 1.60. The summed E-state index contributed by atoms with van der Waals surface area (Å²) in [5.41, 5.74) is -0.698. The number of aliphatic hydroxyl groups is 1. The van der Waals surface area contributed by atoms with Gasteiger partial charge in [-0.2, -0.15) is 0 Å². The summed E-state index contributed by atoms with van der Waals surface area (Å²) in [6, 6.07) is 11.2. The van der Waals surface area contributed by atoms with Crippen molar-refractivity contribution >= 4 is 32.5 Å². The van der Waals surface area contributed by atoms with Crippen LogP contribution in [0.1, 0.15) is 12.5 Å². The normalized spacial score (nSPS) is 30.8. The Morgan fingerprint density at radius 3 is 2.50 bits per heavy atom. The number of nitrogens with one attached hydrogen (secondary N) is 1. The summed E-state index contributed by atoms with van der Waals surface area (Å²) < 4.78 is 23.6. The highest BCUT2D eigenvalue weighted by Crippen LogP contribution is 2.36. The molecule has 2 fully saturated rings. The van der Waals surface area contributed by atoms with Gasteiger partial charge in [-0.25, -0.2) is 13.2 Å². The van der Waals surface area contributed by atoms with Crippen molar-refractivity contribution in [3.63, 3.8) is 0 Å². The molecule has 2 aliphatic rings. The average Bonchev–Trinajstić information content (AvgIpc) is 2.98. The molecule has 0 aromatic heterocycles. The van der Waals surface area contributed by atoms with Crippen molar-refractivity contribution in [1.29, 1.82) is 0 Å². The smallest absolute Gasteiger partial charge is 0.325 e. The maximum atomic E-state index is 13.2. The van der Waals surface area contributed by atoms with Gasteiger partial charge < -0.3 is 10.4 Å². The number of hydrogen-bond acceptors (Lipinski definition) is 5. The van der Waals surface area contributed by atoms with Crippen molar-refractivity contribution in [1.82, 2.24) is 10.2 Å². The lowest BCUT2D eigenvalue weighted by Gasteiger charge is -2.26. The van der Waals surface area contributed by atoms with E-state index >= 15 is 0 Å². The van der Waals surface area contributed by atoms with Crippen molar-refractivity contribution in [2.24, 2.45) is 0 Å². The van der Waals surface area contributed by atoms with Crippen molar-refractivity contribution < 1.29 is 23.1 Å².